The van der Waals surface area contributed by atoms with Gasteiger partial charge in [-0.15, -0.1) is 0 Å². The average Bonchev–Trinajstić information content (AvgIpc) is 2.49. The monoisotopic (exact) mass is 282 g/mol. The van der Waals surface area contributed by atoms with Gasteiger partial charge in [-0.25, -0.2) is 0 Å². The Morgan fingerprint density at radius 3 is 2.35 bits per heavy atom. The predicted octanol–water partition coefficient (Wildman–Crippen LogP) is 5.30. The molecule has 2 unspecified atom stereocenters. The van der Waals surface area contributed by atoms with Crippen molar-refractivity contribution in [3.8, 4) is 0 Å². The van der Waals surface area contributed by atoms with Crippen LogP contribution in [0.15, 0.2) is 0 Å². The number of hydrogen-bond donors (Lipinski definition) is 0. The van der Waals surface area contributed by atoms with Gasteiger partial charge in [-0.2, -0.15) is 0 Å². The Balaban J connectivity index is 1.70. The van der Waals surface area contributed by atoms with Gasteiger partial charge >= 0.3 is 0 Å². The summed E-state index contributed by atoms with van der Waals surface area (Å²) >= 11 is 0. The molecule has 0 spiro atoms. The van der Waals surface area contributed by atoms with Crippen LogP contribution in [0.2, 0.25) is 0 Å². The summed E-state index contributed by atoms with van der Waals surface area (Å²) in [6, 6.07) is 0. The van der Waals surface area contributed by atoms with E-state index in [0.717, 1.165) is 18.9 Å². The van der Waals surface area contributed by atoms with Crippen LogP contribution < -0.4 is 0 Å². The maximum Gasteiger partial charge on any atom is 0.160 e. The average molecular weight is 282 g/mol. The van der Waals surface area contributed by atoms with E-state index in [0.29, 0.717) is 12.0 Å². The van der Waals surface area contributed by atoms with Crippen molar-refractivity contribution in [1.82, 2.24) is 0 Å². The molecule has 2 fully saturated rings. The summed E-state index contributed by atoms with van der Waals surface area (Å²) < 4.78 is 12.2. The molecule has 2 nitrogen and oxygen atoms in total. The molecule has 2 aliphatic rings. The van der Waals surface area contributed by atoms with Gasteiger partial charge in [0.25, 0.3) is 0 Å². The van der Waals surface area contributed by atoms with Gasteiger partial charge in [-0.1, -0.05) is 46.0 Å². The van der Waals surface area contributed by atoms with Crippen molar-refractivity contribution >= 4 is 0 Å². The SMILES string of the molecule is CCCCCC1CCOC(C2CCC(CCC)CC2)O1. The number of rotatable bonds is 7. The van der Waals surface area contributed by atoms with Crippen molar-refractivity contribution in [2.75, 3.05) is 6.61 Å². The largest absolute Gasteiger partial charge is 0.352 e. The highest BCUT2D eigenvalue weighted by atomic mass is 16.7. The van der Waals surface area contributed by atoms with Gasteiger partial charge < -0.3 is 9.47 Å². The van der Waals surface area contributed by atoms with E-state index < -0.39 is 0 Å². The van der Waals surface area contributed by atoms with Crippen LogP contribution in [0.5, 0.6) is 0 Å². The minimum Gasteiger partial charge on any atom is -0.352 e. The molecule has 1 aliphatic heterocycles. The molecule has 0 bridgehead atoms. The molecule has 0 aromatic heterocycles. The molecule has 0 radical (unpaired) electrons. The summed E-state index contributed by atoms with van der Waals surface area (Å²) in [6.45, 7) is 5.49. The minimum atomic E-state index is 0.109. The highest BCUT2D eigenvalue weighted by molar-refractivity contribution is 4.77. The lowest BCUT2D eigenvalue weighted by atomic mass is 9.79. The standard InChI is InChI=1S/C18H34O2/c1-3-5-6-8-17-13-14-19-18(20-17)16-11-9-15(7-4-2)10-12-16/h15-18H,3-14H2,1-2H3. The van der Waals surface area contributed by atoms with Gasteiger partial charge in [0.2, 0.25) is 0 Å². The fourth-order valence-electron chi connectivity index (χ4n) is 3.85. The Morgan fingerprint density at radius 2 is 1.65 bits per heavy atom. The lowest BCUT2D eigenvalue weighted by Crippen LogP contribution is -2.38. The van der Waals surface area contributed by atoms with E-state index in [2.05, 4.69) is 13.8 Å². The van der Waals surface area contributed by atoms with Gasteiger partial charge in [0, 0.05) is 5.92 Å². The Kier molecular flexibility index (Phi) is 7.37. The van der Waals surface area contributed by atoms with Crippen molar-refractivity contribution in [3.63, 3.8) is 0 Å². The molecule has 0 N–H and O–H groups in total. The summed E-state index contributed by atoms with van der Waals surface area (Å²) in [5, 5.41) is 0. The van der Waals surface area contributed by atoms with Crippen molar-refractivity contribution in [1.29, 1.82) is 0 Å². The summed E-state index contributed by atoms with van der Waals surface area (Å²) in [6.07, 6.45) is 15.0. The third kappa shape index (κ3) is 5.04. The zero-order chi connectivity index (χ0) is 14.2. The van der Waals surface area contributed by atoms with Gasteiger partial charge in [0.1, 0.15) is 0 Å². The van der Waals surface area contributed by atoms with Crippen LogP contribution in [0.25, 0.3) is 0 Å². The smallest absolute Gasteiger partial charge is 0.160 e. The molecule has 1 heterocycles. The predicted molar refractivity (Wildman–Crippen MR) is 83.7 cm³/mol. The Hall–Kier alpha value is -0.0800. The van der Waals surface area contributed by atoms with E-state index in [1.807, 2.05) is 0 Å². The number of ether oxygens (including phenoxy) is 2. The van der Waals surface area contributed by atoms with E-state index >= 15 is 0 Å². The topological polar surface area (TPSA) is 18.5 Å². The van der Waals surface area contributed by atoms with Gasteiger partial charge in [0.15, 0.2) is 6.29 Å². The Morgan fingerprint density at radius 1 is 0.850 bits per heavy atom. The van der Waals surface area contributed by atoms with Crippen LogP contribution in [0.1, 0.15) is 84.5 Å². The quantitative estimate of drug-likeness (QED) is 0.589. The third-order valence-electron chi connectivity index (χ3n) is 5.15. The summed E-state index contributed by atoms with van der Waals surface area (Å²) in [4.78, 5) is 0. The van der Waals surface area contributed by atoms with Gasteiger partial charge in [-0.05, 0) is 44.4 Å². The van der Waals surface area contributed by atoms with E-state index in [9.17, 15) is 0 Å². The lowest BCUT2D eigenvalue weighted by molar-refractivity contribution is -0.241. The molecule has 2 rings (SSSR count). The zero-order valence-corrected chi connectivity index (χ0v) is 13.6. The maximum atomic E-state index is 6.25. The van der Waals surface area contributed by atoms with Crippen molar-refractivity contribution < 1.29 is 9.47 Å². The second-order valence-corrected chi connectivity index (χ2v) is 6.85. The third-order valence-corrected chi connectivity index (χ3v) is 5.15. The second kappa shape index (κ2) is 9.04. The fraction of sp³-hybridized carbons (Fsp3) is 1.00. The number of unbranched alkanes of at least 4 members (excludes halogenated alkanes) is 2. The Labute approximate surface area is 125 Å². The van der Waals surface area contributed by atoms with Gasteiger partial charge in [0.05, 0.1) is 12.7 Å². The van der Waals surface area contributed by atoms with E-state index in [4.69, 9.17) is 9.47 Å². The molecule has 0 aromatic rings. The molecule has 2 heteroatoms. The Bertz CT molecular complexity index is 246. The first-order valence-corrected chi connectivity index (χ1v) is 9.10. The summed E-state index contributed by atoms with van der Waals surface area (Å²) in [7, 11) is 0. The molecule has 0 amide bonds. The molecule has 1 saturated carbocycles. The molecule has 0 aromatic carbocycles. The van der Waals surface area contributed by atoms with Crippen LogP contribution in [-0.2, 0) is 9.47 Å². The van der Waals surface area contributed by atoms with Crippen LogP contribution in [-0.4, -0.2) is 19.0 Å². The molecule has 118 valence electrons. The highest BCUT2D eigenvalue weighted by Crippen LogP contribution is 2.36. The van der Waals surface area contributed by atoms with Crippen LogP contribution in [0.3, 0.4) is 0 Å². The van der Waals surface area contributed by atoms with Crippen LogP contribution in [0, 0.1) is 11.8 Å². The molecule has 2 atom stereocenters. The normalized spacial score (nSPS) is 35.1. The lowest BCUT2D eigenvalue weighted by Gasteiger charge is -2.38. The van der Waals surface area contributed by atoms with E-state index in [-0.39, 0.29) is 6.29 Å². The molecule has 1 aliphatic carbocycles. The molecule has 20 heavy (non-hydrogen) atoms. The molecular weight excluding hydrogens is 248 g/mol. The summed E-state index contributed by atoms with van der Waals surface area (Å²) in [5.41, 5.74) is 0. The van der Waals surface area contributed by atoms with Crippen molar-refractivity contribution in [3.05, 3.63) is 0 Å². The number of hydrogen-bond acceptors (Lipinski definition) is 2. The first-order chi connectivity index (χ1) is 9.83. The van der Waals surface area contributed by atoms with Gasteiger partial charge in [-0.3, -0.25) is 0 Å². The maximum absolute atomic E-state index is 6.25. The summed E-state index contributed by atoms with van der Waals surface area (Å²) in [5.74, 6) is 1.64. The zero-order valence-electron chi connectivity index (χ0n) is 13.6. The minimum absolute atomic E-state index is 0.109. The van der Waals surface area contributed by atoms with Crippen molar-refractivity contribution in [2.24, 2.45) is 11.8 Å². The van der Waals surface area contributed by atoms with E-state index in [1.54, 1.807) is 0 Å². The fourth-order valence-corrected chi connectivity index (χ4v) is 3.85. The van der Waals surface area contributed by atoms with Crippen molar-refractivity contribution in [2.45, 2.75) is 96.9 Å². The van der Waals surface area contributed by atoms with Crippen LogP contribution >= 0.6 is 0 Å². The first-order valence-electron chi connectivity index (χ1n) is 9.10. The second-order valence-electron chi connectivity index (χ2n) is 6.85. The molecular formula is C18H34O2. The highest BCUT2D eigenvalue weighted by Gasteiger charge is 2.32. The van der Waals surface area contributed by atoms with E-state index in [1.165, 1.54) is 64.2 Å². The van der Waals surface area contributed by atoms with Crippen LogP contribution in [0.4, 0.5) is 0 Å². The first kappa shape index (κ1) is 16.3. The molecule has 1 saturated heterocycles.